The van der Waals surface area contributed by atoms with Crippen LogP contribution in [-0.2, 0) is 47.4 Å². The predicted molar refractivity (Wildman–Crippen MR) is 105 cm³/mol. The fourth-order valence-electron chi connectivity index (χ4n) is 3.38. The number of hydrogen-bond acceptors (Lipinski definition) is 1. The topological polar surface area (TPSA) is 12.9 Å². The molecule has 1 aromatic heterocycles. The number of aryl methyl sites for hydroxylation is 3. The second-order valence-electron chi connectivity index (χ2n) is 6.13. The molecule has 3 rings (SSSR count). The van der Waals surface area contributed by atoms with Crippen molar-refractivity contribution in [3.63, 3.8) is 0 Å². The molecule has 0 aliphatic carbocycles. The van der Waals surface area contributed by atoms with Gasteiger partial charge in [-0.2, -0.15) is 52.6 Å². The first-order valence-electron chi connectivity index (χ1n) is 9.17. The van der Waals surface area contributed by atoms with Crippen molar-refractivity contribution in [1.29, 1.82) is 0 Å². The Hall–Kier alpha value is -1.31. The fraction of sp³-hybridized carbons (Fsp3) is 0.391. The molecule has 0 saturated heterocycles. The first-order valence-corrected chi connectivity index (χ1v) is 9.17. The van der Waals surface area contributed by atoms with E-state index in [9.17, 15) is 0 Å². The molecule has 0 aliphatic rings. The quantitative estimate of drug-likeness (QED) is 0.407. The summed E-state index contributed by atoms with van der Waals surface area (Å²) in [6.07, 6.45) is 4.78. The molecule has 2 aromatic carbocycles. The zero-order valence-corrected chi connectivity index (χ0v) is 17.8. The van der Waals surface area contributed by atoms with Gasteiger partial charge < -0.3 is 0 Å². The summed E-state index contributed by atoms with van der Waals surface area (Å²) in [5, 5.41) is 1.15. The third-order valence-electron chi connectivity index (χ3n) is 4.61. The van der Waals surface area contributed by atoms with Crippen LogP contribution in [0.4, 0.5) is 0 Å². The molecule has 2 heteroatoms. The van der Waals surface area contributed by atoms with Crippen molar-refractivity contribution in [3.8, 4) is 0 Å². The van der Waals surface area contributed by atoms with Gasteiger partial charge in [0, 0.05) is 5.69 Å². The molecule has 1 nitrogen and oxygen atoms in total. The van der Waals surface area contributed by atoms with Crippen LogP contribution in [0.3, 0.4) is 0 Å². The average Bonchev–Trinajstić information content (AvgIpc) is 2.98. The van der Waals surface area contributed by atoms with Gasteiger partial charge in [-0.1, -0.05) is 59.4 Å². The molecular formula is C23H29NTi. The summed E-state index contributed by atoms with van der Waals surface area (Å²) in [4.78, 5) is 4.32. The van der Waals surface area contributed by atoms with Crippen LogP contribution < -0.4 is 0 Å². The molecule has 0 N–H and O–H groups in total. The van der Waals surface area contributed by atoms with E-state index >= 15 is 0 Å². The molecule has 25 heavy (non-hydrogen) atoms. The van der Waals surface area contributed by atoms with Crippen LogP contribution in [-0.4, -0.2) is 4.98 Å². The van der Waals surface area contributed by atoms with E-state index < -0.39 is 0 Å². The van der Waals surface area contributed by atoms with Crippen molar-refractivity contribution >= 4 is 10.9 Å². The number of benzene rings is 1. The van der Waals surface area contributed by atoms with Crippen molar-refractivity contribution in [3.05, 3.63) is 70.4 Å². The van der Waals surface area contributed by atoms with Gasteiger partial charge in [-0.3, -0.25) is 4.98 Å². The SMILES string of the molecule is CCc1[cH-]c(CC)c(CC)c1CC.Cc1ccc2ccc[c-]c2n1.[Ti+2]. The minimum absolute atomic E-state index is 0. The molecule has 1 heterocycles. The zero-order chi connectivity index (χ0) is 17.5. The van der Waals surface area contributed by atoms with Crippen LogP contribution in [0.1, 0.15) is 55.6 Å². The maximum atomic E-state index is 4.32. The van der Waals surface area contributed by atoms with Crippen molar-refractivity contribution in [2.75, 3.05) is 0 Å². The summed E-state index contributed by atoms with van der Waals surface area (Å²) in [5.74, 6) is 0. The van der Waals surface area contributed by atoms with E-state index in [0.717, 1.165) is 16.6 Å². The summed E-state index contributed by atoms with van der Waals surface area (Å²) < 4.78 is 0. The van der Waals surface area contributed by atoms with Crippen LogP contribution >= 0.6 is 0 Å². The summed E-state index contributed by atoms with van der Waals surface area (Å²) in [7, 11) is 0. The Morgan fingerprint density at radius 1 is 0.880 bits per heavy atom. The van der Waals surface area contributed by atoms with Gasteiger partial charge in [-0.15, -0.1) is 11.5 Å². The van der Waals surface area contributed by atoms with E-state index in [2.05, 4.69) is 50.9 Å². The summed E-state index contributed by atoms with van der Waals surface area (Å²) in [5.41, 5.74) is 8.41. The molecule has 0 radical (unpaired) electrons. The van der Waals surface area contributed by atoms with Crippen LogP contribution in [0.25, 0.3) is 10.9 Å². The molecule has 130 valence electrons. The van der Waals surface area contributed by atoms with Gasteiger partial charge in [0.1, 0.15) is 0 Å². The third-order valence-corrected chi connectivity index (χ3v) is 4.61. The molecule has 0 bridgehead atoms. The second-order valence-corrected chi connectivity index (χ2v) is 6.13. The number of rotatable bonds is 4. The van der Waals surface area contributed by atoms with Crippen LogP contribution in [0.15, 0.2) is 36.4 Å². The number of para-hydroxylation sites is 1. The first-order chi connectivity index (χ1) is 11.6. The summed E-state index contributed by atoms with van der Waals surface area (Å²) in [6.45, 7) is 11.0. The Labute approximate surface area is 168 Å². The van der Waals surface area contributed by atoms with Gasteiger partial charge in [-0.25, -0.2) is 0 Å². The minimum Gasteiger partial charge on any atom is -0.280 e. The molecule has 0 spiro atoms. The van der Waals surface area contributed by atoms with E-state index in [-0.39, 0.29) is 21.7 Å². The Kier molecular flexibility index (Phi) is 9.24. The molecule has 0 atom stereocenters. The van der Waals surface area contributed by atoms with Crippen LogP contribution in [0.2, 0.25) is 0 Å². The van der Waals surface area contributed by atoms with Gasteiger partial charge in [0.15, 0.2) is 0 Å². The van der Waals surface area contributed by atoms with Gasteiger partial charge in [-0.05, 0) is 12.4 Å². The number of fused-ring (bicyclic) bond motifs is 1. The standard InChI is InChI=1S/C13H21.C10H8N.Ti/c1-5-10-9-11(6-2)13(8-4)12(10)7-3;1-8-6-7-9-4-2-3-5-10(9)11-8;/h9H,5-8H2,1-4H3;2-4,6-7H,1H3;/q2*-1;+2. The smallest absolute Gasteiger partial charge is 0.280 e. The van der Waals surface area contributed by atoms with Gasteiger partial charge >= 0.3 is 21.7 Å². The zero-order valence-electron chi connectivity index (χ0n) is 16.2. The van der Waals surface area contributed by atoms with E-state index in [1.807, 2.05) is 31.2 Å². The number of hydrogen-bond donors (Lipinski definition) is 0. The molecule has 0 fully saturated rings. The normalized spacial score (nSPS) is 10.1. The predicted octanol–water partition coefficient (Wildman–Crippen LogP) is 6.00. The van der Waals surface area contributed by atoms with E-state index in [1.54, 1.807) is 22.3 Å². The molecule has 0 saturated carbocycles. The van der Waals surface area contributed by atoms with Crippen LogP contribution in [0.5, 0.6) is 0 Å². The molecule has 0 amide bonds. The first kappa shape index (κ1) is 21.7. The second kappa shape index (κ2) is 10.6. The summed E-state index contributed by atoms with van der Waals surface area (Å²) >= 11 is 0. The Bertz CT molecular complexity index is 759. The summed E-state index contributed by atoms with van der Waals surface area (Å²) in [6, 6.07) is 15.5. The maximum Gasteiger partial charge on any atom is 2.00 e. The van der Waals surface area contributed by atoms with E-state index in [0.29, 0.717) is 0 Å². The largest absolute Gasteiger partial charge is 2.00 e. The average molecular weight is 367 g/mol. The number of pyridine rings is 1. The van der Waals surface area contributed by atoms with Crippen molar-refractivity contribution in [1.82, 2.24) is 4.98 Å². The van der Waals surface area contributed by atoms with E-state index in [1.165, 1.54) is 25.7 Å². The maximum absolute atomic E-state index is 4.32. The van der Waals surface area contributed by atoms with Crippen molar-refractivity contribution < 1.29 is 21.7 Å². The molecule has 0 unspecified atom stereocenters. The Morgan fingerprint density at radius 2 is 1.48 bits per heavy atom. The van der Waals surface area contributed by atoms with Gasteiger partial charge in [0.25, 0.3) is 0 Å². The minimum atomic E-state index is 0. The van der Waals surface area contributed by atoms with Crippen molar-refractivity contribution in [2.24, 2.45) is 0 Å². The number of aromatic nitrogens is 1. The Balaban J connectivity index is 0.000000243. The van der Waals surface area contributed by atoms with E-state index in [4.69, 9.17) is 0 Å². The van der Waals surface area contributed by atoms with Crippen molar-refractivity contribution in [2.45, 2.75) is 60.3 Å². The fourth-order valence-corrected chi connectivity index (χ4v) is 3.38. The molecule has 3 aromatic rings. The number of nitrogens with zero attached hydrogens (tertiary/aromatic N) is 1. The molecular weight excluding hydrogens is 338 g/mol. The van der Waals surface area contributed by atoms with Gasteiger partial charge in [0.05, 0.1) is 0 Å². The van der Waals surface area contributed by atoms with Crippen LogP contribution in [0, 0.1) is 13.0 Å². The van der Waals surface area contributed by atoms with Gasteiger partial charge in [0.2, 0.25) is 0 Å². The Morgan fingerprint density at radius 3 is 2.00 bits per heavy atom. The molecule has 0 aliphatic heterocycles. The monoisotopic (exact) mass is 367 g/mol. The third kappa shape index (κ3) is 5.33.